The highest BCUT2D eigenvalue weighted by Gasteiger charge is 2.28. The predicted molar refractivity (Wildman–Crippen MR) is 105 cm³/mol. The lowest BCUT2D eigenvalue weighted by molar-refractivity contribution is -0.135. The first kappa shape index (κ1) is 18.7. The van der Waals surface area contributed by atoms with Gasteiger partial charge in [-0.1, -0.05) is 66.2 Å². The van der Waals surface area contributed by atoms with Gasteiger partial charge in [-0.3, -0.25) is 9.10 Å². The van der Waals surface area contributed by atoms with E-state index in [2.05, 4.69) is 0 Å². The Morgan fingerprint density at radius 3 is 2.11 bits per heavy atom. The van der Waals surface area contributed by atoms with Crippen LogP contribution in [0.1, 0.15) is 5.56 Å². The smallest absolute Gasteiger partial charge is 0.324 e. The van der Waals surface area contributed by atoms with Crippen molar-refractivity contribution in [2.75, 3.05) is 10.8 Å². The number of carboxylic acids is 1. The lowest BCUT2D eigenvalue weighted by Gasteiger charge is -2.25. The lowest BCUT2D eigenvalue weighted by atomic mass is 10.0. The van der Waals surface area contributed by atoms with Gasteiger partial charge < -0.3 is 5.11 Å². The molecular weight excluding hydrogens is 362 g/mol. The number of rotatable bonds is 6. The van der Waals surface area contributed by atoms with Crippen LogP contribution in [0.25, 0.3) is 11.1 Å². The molecule has 1 N–H and O–H groups in total. The number of anilines is 1. The summed E-state index contributed by atoms with van der Waals surface area (Å²) in [7, 11) is -4.04. The van der Waals surface area contributed by atoms with Gasteiger partial charge in [-0.15, -0.1) is 0 Å². The van der Waals surface area contributed by atoms with Gasteiger partial charge in [0.05, 0.1) is 10.6 Å². The number of hydrogen-bond acceptors (Lipinski definition) is 3. The van der Waals surface area contributed by atoms with E-state index < -0.39 is 22.5 Å². The first-order chi connectivity index (χ1) is 12.9. The average molecular weight is 381 g/mol. The van der Waals surface area contributed by atoms with E-state index in [1.54, 1.807) is 36.4 Å². The van der Waals surface area contributed by atoms with E-state index in [1.165, 1.54) is 12.1 Å². The van der Waals surface area contributed by atoms with Crippen molar-refractivity contribution in [2.24, 2.45) is 0 Å². The third-order valence-electron chi connectivity index (χ3n) is 4.15. The van der Waals surface area contributed by atoms with Gasteiger partial charge in [0, 0.05) is 5.56 Å². The van der Waals surface area contributed by atoms with E-state index >= 15 is 0 Å². The van der Waals surface area contributed by atoms with E-state index in [0.29, 0.717) is 11.3 Å². The first-order valence-corrected chi connectivity index (χ1v) is 9.79. The van der Waals surface area contributed by atoms with E-state index in [-0.39, 0.29) is 4.90 Å². The summed E-state index contributed by atoms with van der Waals surface area (Å²) in [4.78, 5) is 11.5. The van der Waals surface area contributed by atoms with Crippen LogP contribution in [0.4, 0.5) is 5.69 Å². The van der Waals surface area contributed by atoms with Gasteiger partial charge in [0.2, 0.25) is 0 Å². The maximum absolute atomic E-state index is 13.2. The molecule has 138 valence electrons. The number of para-hydroxylation sites is 1. The molecule has 0 heterocycles. The summed E-state index contributed by atoms with van der Waals surface area (Å²) in [6.45, 7) is 1.19. The molecule has 3 aromatic carbocycles. The maximum atomic E-state index is 13.2. The second kappa shape index (κ2) is 7.63. The van der Waals surface area contributed by atoms with E-state index in [9.17, 15) is 18.3 Å². The zero-order valence-electron chi connectivity index (χ0n) is 14.7. The second-order valence-electron chi connectivity index (χ2n) is 6.10. The SMILES string of the molecule is Cc1ccc(S(=O)(=O)N(CC(=O)O)c2ccccc2-c2ccccc2)cc1. The Morgan fingerprint density at radius 1 is 0.889 bits per heavy atom. The zero-order chi connectivity index (χ0) is 19.4. The Bertz CT molecular complexity index is 1050. The van der Waals surface area contributed by atoms with Crippen LogP contribution in [-0.4, -0.2) is 26.0 Å². The van der Waals surface area contributed by atoms with E-state index in [4.69, 9.17) is 0 Å². The van der Waals surface area contributed by atoms with Crippen LogP contribution in [0, 0.1) is 6.92 Å². The van der Waals surface area contributed by atoms with Crippen LogP contribution in [0.5, 0.6) is 0 Å². The monoisotopic (exact) mass is 381 g/mol. The van der Waals surface area contributed by atoms with Gasteiger partial charge in [-0.25, -0.2) is 8.42 Å². The Kier molecular flexibility index (Phi) is 5.28. The van der Waals surface area contributed by atoms with Gasteiger partial charge in [0.15, 0.2) is 0 Å². The molecular formula is C21H19NO4S. The van der Waals surface area contributed by atoms with Crippen molar-refractivity contribution in [3.8, 4) is 11.1 Å². The first-order valence-electron chi connectivity index (χ1n) is 8.35. The fourth-order valence-corrected chi connectivity index (χ4v) is 4.25. The molecule has 0 atom stereocenters. The fraction of sp³-hybridized carbons (Fsp3) is 0.0952. The summed E-state index contributed by atoms with van der Waals surface area (Å²) in [6, 6.07) is 22.5. The van der Waals surface area contributed by atoms with Crippen molar-refractivity contribution in [1.29, 1.82) is 0 Å². The van der Waals surface area contributed by atoms with Crippen molar-refractivity contribution in [3.63, 3.8) is 0 Å². The summed E-state index contributed by atoms with van der Waals surface area (Å²) in [6.07, 6.45) is 0. The molecule has 0 radical (unpaired) electrons. The van der Waals surface area contributed by atoms with Gasteiger partial charge in [0.1, 0.15) is 6.54 Å². The van der Waals surface area contributed by atoms with Crippen molar-refractivity contribution >= 4 is 21.7 Å². The van der Waals surface area contributed by atoms with Crippen LogP contribution in [0.15, 0.2) is 83.8 Å². The van der Waals surface area contributed by atoms with Crippen LogP contribution in [-0.2, 0) is 14.8 Å². The summed E-state index contributed by atoms with van der Waals surface area (Å²) >= 11 is 0. The van der Waals surface area contributed by atoms with Gasteiger partial charge >= 0.3 is 5.97 Å². The molecule has 5 nitrogen and oxygen atoms in total. The van der Waals surface area contributed by atoms with Crippen molar-refractivity contribution in [2.45, 2.75) is 11.8 Å². The number of carbonyl (C=O) groups is 1. The number of sulfonamides is 1. The van der Waals surface area contributed by atoms with Crippen LogP contribution in [0.2, 0.25) is 0 Å². The molecule has 0 saturated heterocycles. The summed E-state index contributed by atoms with van der Waals surface area (Å²) in [5.74, 6) is -1.23. The van der Waals surface area contributed by atoms with Gasteiger partial charge in [-0.2, -0.15) is 0 Å². The molecule has 0 saturated carbocycles. The standard InChI is InChI=1S/C21H19NO4S/c1-16-11-13-18(14-12-16)27(25,26)22(15-21(23)24)20-10-6-5-9-19(20)17-7-3-2-4-8-17/h2-14H,15H2,1H3,(H,23,24). The maximum Gasteiger partial charge on any atom is 0.324 e. The molecule has 0 bridgehead atoms. The molecule has 0 aliphatic carbocycles. The number of aryl methyl sites for hydroxylation is 1. The van der Waals surface area contributed by atoms with Crippen LogP contribution < -0.4 is 4.31 Å². The average Bonchev–Trinajstić information content (AvgIpc) is 2.67. The molecule has 0 aromatic heterocycles. The Hall–Kier alpha value is -3.12. The molecule has 0 unspecified atom stereocenters. The quantitative estimate of drug-likeness (QED) is 0.702. The number of benzene rings is 3. The molecule has 0 aliphatic heterocycles. The number of carboxylic acid groups (broad SMARTS) is 1. The predicted octanol–water partition coefficient (Wildman–Crippen LogP) is 3.94. The topological polar surface area (TPSA) is 74.7 Å². The summed E-state index contributed by atoms with van der Waals surface area (Å²) in [5, 5.41) is 9.35. The highest BCUT2D eigenvalue weighted by Crippen LogP contribution is 2.33. The molecule has 0 aliphatic rings. The molecule has 3 aromatic rings. The van der Waals surface area contributed by atoms with Crippen molar-refractivity contribution in [3.05, 3.63) is 84.4 Å². The minimum absolute atomic E-state index is 0.0530. The Morgan fingerprint density at radius 2 is 1.48 bits per heavy atom. The van der Waals surface area contributed by atoms with Crippen molar-refractivity contribution in [1.82, 2.24) is 0 Å². The molecule has 0 spiro atoms. The van der Waals surface area contributed by atoms with Crippen LogP contribution >= 0.6 is 0 Å². The zero-order valence-corrected chi connectivity index (χ0v) is 15.6. The Balaban J connectivity index is 2.17. The lowest BCUT2D eigenvalue weighted by Crippen LogP contribution is -2.36. The minimum Gasteiger partial charge on any atom is -0.480 e. The van der Waals surface area contributed by atoms with Gasteiger partial charge in [0.25, 0.3) is 10.0 Å². The van der Waals surface area contributed by atoms with E-state index in [1.807, 2.05) is 37.3 Å². The highest BCUT2D eigenvalue weighted by molar-refractivity contribution is 7.92. The third-order valence-corrected chi connectivity index (χ3v) is 5.92. The van der Waals surface area contributed by atoms with Gasteiger partial charge in [-0.05, 0) is 30.7 Å². The molecule has 3 rings (SSSR count). The summed E-state index contributed by atoms with van der Waals surface area (Å²) < 4.78 is 27.4. The number of aliphatic carboxylic acids is 1. The molecule has 0 fully saturated rings. The summed E-state index contributed by atoms with van der Waals surface area (Å²) in [5.41, 5.74) is 2.70. The second-order valence-corrected chi connectivity index (χ2v) is 7.96. The normalized spacial score (nSPS) is 11.1. The molecule has 6 heteroatoms. The van der Waals surface area contributed by atoms with Crippen molar-refractivity contribution < 1.29 is 18.3 Å². The largest absolute Gasteiger partial charge is 0.480 e. The highest BCUT2D eigenvalue weighted by atomic mass is 32.2. The van der Waals surface area contributed by atoms with Crippen LogP contribution in [0.3, 0.4) is 0 Å². The Labute approximate surface area is 158 Å². The number of nitrogens with zero attached hydrogens (tertiary/aromatic N) is 1. The molecule has 27 heavy (non-hydrogen) atoms. The van der Waals surface area contributed by atoms with E-state index in [0.717, 1.165) is 15.4 Å². The molecule has 0 amide bonds. The minimum atomic E-state index is -4.04. The third kappa shape index (κ3) is 4.01. The number of hydrogen-bond donors (Lipinski definition) is 1. The fourth-order valence-electron chi connectivity index (χ4n) is 2.81.